The lowest BCUT2D eigenvalue weighted by molar-refractivity contribution is -0.132. The van der Waals surface area contributed by atoms with Crippen molar-refractivity contribution >= 4 is 23.5 Å². The van der Waals surface area contributed by atoms with Gasteiger partial charge in [0, 0.05) is 19.0 Å². The molecule has 1 atom stereocenters. The molecule has 1 aliphatic heterocycles. The Kier molecular flexibility index (Phi) is 3.48. The number of nitrogens with one attached hydrogen (secondary N) is 2. The third-order valence-electron chi connectivity index (χ3n) is 3.86. The molecule has 2 amide bonds. The summed E-state index contributed by atoms with van der Waals surface area (Å²) >= 11 is 0. The van der Waals surface area contributed by atoms with Gasteiger partial charge in [0.2, 0.25) is 11.8 Å². The number of carbonyl (C=O) groups is 2. The summed E-state index contributed by atoms with van der Waals surface area (Å²) in [6, 6.07) is 1.43. The Labute approximate surface area is 123 Å². The van der Waals surface area contributed by atoms with Crippen LogP contribution in [0, 0.1) is 0 Å². The zero-order chi connectivity index (χ0) is 15.0. The van der Waals surface area contributed by atoms with Crippen LogP contribution in [-0.4, -0.2) is 41.4 Å². The van der Waals surface area contributed by atoms with E-state index in [0.29, 0.717) is 18.2 Å². The second kappa shape index (κ2) is 5.31. The predicted molar refractivity (Wildman–Crippen MR) is 78.1 cm³/mol. The van der Waals surface area contributed by atoms with Crippen molar-refractivity contribution in [1.29, 1.82) is 0 Å². The number of amides is 2. The Morgan fingerprint density at radius 1 is 1.38 bits per heavy atom. The predicted octanol–water partition coefficient (Wildman–Crippen LogP) is 0.637. The third-order valence-corrected chi connectivity index (χ3v) is 3.86. The smallest absolute Gasteiger partial charge is 0.249 e. The van der Waals surface area contributed by atoms with Gasteiger partial charge in [-0.2, -0.15) is 0 Å². The van der Waals surface area contributed by atoms with Gasteiger partial charge in [-0.05, 0) is 19.3 Å². The number of hydrogen-bond acceptors (Lipinski definition) is 6. The number of imide groups is 1. The van der Waals surface area contributed by atoms with Crippen LogP contribution in [0.15, 0.2) is 6.07 Å². The quantitative estimate of drug-likeness (QED) is 0.791. The molecular formula is C14H19N5O2. The van der Waals surface area contributed by atoms with E-state index in [4.69, 9.17) is 0 Å². The Bertz CT molecular complexity index is 585. The number of piperazine rings is 1. The highest BCUT2D eigenvalue weighted by Crippen LogP contribution is 2.39. The van der Waals surface area contributed by atoms with Crippen molar-refractivity contribution in [1.82, 2.24) is 15.3 Å². The van der Waals surface area contributed by atoms with E-state index < -0.39 is 0 Å². The van der Waals surface area contributed by atoms with Crippen molar-refractivity contribution in [2.45, 2.75) is 38.1 Å². The van der Waals surface area contributed by atoms with E-state index in [1.54, 1.807) is 18.0 Å². The maximum absolute atomic E-state index is 12.0. The molecular weight excluding hydrogens is 270 g/mol. The lowest BCUT2D eigenvalue weighted by Crippen LogP contribution is -2.58. The zero-order valence-corrected chi connectivity index (χ0v) is 12.2. The molecule has 21 heavy (non-hydrogen) atoms. The van der Waals surface area contributed by atoms with Crippen LogP contribution in [0.5, 0.6) is 0 Å². The van der Waals surface area contributed by atoms with E-state index in [1.807, 2.05) is 6.92 Å². The van der Waals surface area contributed by atoms with Gasteiger partial charge >= 0.3 is 0 Å². The number of nitrogens with zero attached hydrogens (tertiary/aromatic N) is 3. The Morgan fingerprint density at radius 2 is 2.14 bits per heavy atom. The molecule has 2 N–H and O–H groups in total. The maximum atomic E-state index is 12.0. The van der Waals surface area contributed by atoms with Gasteiger partial charge in [-0.15, -0.1) is 0 Å². The van der Waals surface area contributed by atoms with Crippen molar-refractivity contribution in [3.05, 3.63) is 11.9 Å². The fourth-order valence-corrected chi connectivity index (χ4v) is 2.57. The van der Waals surface area contributed by atoms with E-state index in [-0.39, 0.29) is 24.4 Å². The van der Waals surface area contributed by atoms with E-state index in [2.05, 4.69) is 20.6 Å². The number of anilines is 2. The van der Waals surface area contributed by atoms with Gasteiger partial charge in [0.1, 0.15) is 23.5 Å². The number of aromatic nitrogens is 2. The molecule has 2 aliphatic rings. The standard InChI is InChI=1S/C14H19N5O2/c1-3-9-14(21)18-12(20)7-19(9)11-6-10(15-2)16-13(17-11)8-4-5-8/h6,8-9H,3-5,7H2,1-2H3,(H,15,16,17)(H,18,20,21). The van der Waals surface area contributed by atoms with Crippen molar-refractivity contribution in [2.75, 3.05) is 23.8 Å². The summed E-state index contributed by atoms with van der Waals surface area (Å²) in [5.74, 6) is 2.02. The second-order valence-corrected chi connectivity index (χ2v) is 5.46. The molecule has 112 valence electrons. The minimum atomic E-state index is -0.366. The molecule has 1 saturated heterocycles. The van der Waals surface area contributed by atoms with Crippen molar-refractivity contribution in [2.24, 2.45) is 0 Å². The van der Waals surface area contributed by atoms with Crippen LogP contribution in [0.3, 0.4) is 0 Å². The van der Waals surface area contributed by atoms with Crippen LogP contribution in [0.1, 0.15) is 37.9 Å². The molecule has 7 heteroatoms. The summed E-state index contributed by atoms with van der Waals surface area (Å²) < 4.78 is 0. The van der Waals surface area contributed by atoms with Crippen LogP contribution in [0.2, 0.25) is 0 Å². The van der Waals surface area contributed by atoms with Crippen LogP contribution in [-0.2, 0) is 9.59 Å². The van der Waals surface area contributed by atoms with Gasteiger partial charge in [-0.3, -0.25) is 14.9 Å². The Hall–Kier alpha value is -2.18. The van der Waals surface area contributed by atoms with Gasteiger partial charge in [0.05, 0.1) is 6.54 Å². The number of carbonyl (C=O) groups excluding carboxylic acids is 2. The van der Waals surface area contributed by atoms with Gasteiger partial charge in [0.25, 0.3) is 0 Å². The molecule has 0 radical (unpaired) electrons. The van der Waals surface area contributed by atoms with Crippen LogP contribution in [0.4, 0.5) is 11.6 Å². The highest BCUT2D eigenvalue weighted by atomic mass is 16.2. The Morgan fingerprint density at radius 3 is 2.76 bits per heavy atom. The fourth-order valence-electron chi connectivity index (χ4n) is 2.57. The molecule has 2 heterocycles. The fraction of sp³-hybridized carbons (Fsp3) is 0.571. The minimum absolute atomic E-state index is 0.147. The van der Waals surface area contributed by atoms with Crippen molar-refractivity contribution in [3.63, 3.8) is 0 Å². The molecule has 1 saturated carbocycles. The molecule has 2 fully saturated rings. The molecule has 3 rings (SSSR count). The molecule has 1 aromatic rings. The third kappa shape index (κ3) is 2.68. The highest BCUT2D eigenvalue weighted by molar-refractivity contribution is 6.04. The molecule has 0 bridgehead atoms. The lowest BCUT2D eigenvalue weighted by atomic mass is 10.1. The minimum Gasteiger partial charge on any atom is -0.373 e. The van der Waals surface area contributed by atoms with Crippen LogP contribution < -0.4 is 15.5 Å². The van der Waals surface area contributed by atoms with Crippen LogP contribution in [0.25, 0.3) is 0 Å². The van der Waals surface area contributed by atoms with E-state index in [0.717, 1.165) is 24.5 Å². The van der Waals surface area contributed by atoms with Crippen molar-refractivity contribution in [3.8, 4) is 0 Å². The molecule has 1 unspecified atom stereocenters. The first-order chi connectivity index (χ1) is 10.1. The molecule has 1 aliphatic carbocycles. The monoisotopic (exact) mass is 289 g/mol. The summed E-state index contributed by atoms with van der Waals surface area (Å²) in [5, 5.41) is 5.40. The normalized spacial score (nSPS) is 22.2. The summed E-state index contributed by atoms with van der Waals surface area (Å²) in [5.41, 5.74) is 0. The number of hydrogen-bond donors (Lipinski definition) is 2. The first-order valence-electron chi connectivity index (χ1n) is 7.29. The van der Waals surface area contributed by atoms with Crippen molar-refractivity contribution < 1.29 is 9.59 Å². The largest absolute Gasteiger partial charge is 0.373 e. The molecule has 0 aromatic carbocycles. The zero-order valence-electron chi connectivity index (χ0n) is 12.2. The molecule has 1 aromatic heterocycles. The van der Waals surface area contributed by atoms with Gasteiger partial charge < -0.3 is 10.2 Å². The van der Waals surface area contributed by atoms with E-state index in [1.165, 1.54) is 0 Å². The van der Waals surface area contributed by atoms with E-state index >= 15 is 0 Å². The first kappa shape index (κ1) is 13.8. The van der Waals surface area contributed by atoms with E-state index in [9.17, 15) is 9.59 Å². The van der Waals surface area contributed by atoms with Gasteiger partial charge in [-0.1, -0.05) is 6.92 Å². The summed E-state index contributed by atoms with van der Waals surface area (Å²) in [7, 11) is 1.80. The molecule has 7 nitrogen and oxygen atoms in total. The SMILES string of the molecule is CCC1C(=O)NC(=O)CN1c1cc(NC)nc(C2CC2)n1. The van der Waals surface area contributed by atoms with Crippen LogP contribution >= 0.6 is 0 Å². The summed E-state index contributed by atoms with van der Waals surface area (Å²) in [4.78, 5) is 34.5. The topological polar surface area (TPSA) is 87.2 Å². The maximum Gasteiger partial charge on any atom is 0.249 e. The highest BCUT2D eigenvalue weighted by Gasteiger charge is 2.35. The first-order valence-corrected chi connectivity index (χ1v) is 7.29. The molecule has 0 spiro atoms. The number of rotatable bonds is 4. The van der Waals surface area contributed by atoms with Gasteiger partial charge in [0.15, 0.2) is 0 Å². The van der Waals surface area contributed by atoms with Gasteiger partial charge in [-0.25, -0.2) is 9.97 Å². The Balaban J connectivity index is 1.98. The lowest BCUT2D eigenvalue weighted by Gasteiger charge is -2.34. The summed E-state index contributed by atoms with van der Waals surface area (Å²) in [6.07, 6.45) is 2.82. The average Bonchev–Trinajstić information content (AvgIpc) is 3.30. The summed E-state index contributed by atoms with van der Waals surface area (Å²) in [6.45, 7) is 2.07. The second-order valence-electron chi connectivity index (χ2n) is 5.46. The average molecular weight is 289 g/mol.